The molecule has 2 nitrogen and oxygen atoms in total. The molecule has 0 radical (unpaired) electrons. The summed E-state index contributed by atoms with van der Waals surface area (Å²) < 4.78 is 7.14. The maximum absolute atomic E-state index is 12.2. The second-order valence-corrected chi connectivity index (χ2v) is 7.13. The van der Waals surface area contributed by atoms with Crippen molar-refractivity contribution in [2.24, 2.45) is 0 Å². The maximum Gasteiger partial charge on any atom is 0.336 e. The molecule has 0 aliphatic rings. The van der Waals surface area contributed by atoms with E-state index in [0.29, 0.717) is 5.75 Å². The first-order valence-electron chi connectivity index (χ1n) is 7.38. The lowest BCUT2D eigenvalue weighted by atomic mass is 10.0. The average Bonchev–Trinajstić information content (AvgIpc) is 2.56. The predicted octanol–water partition coefficient (Wildman–Crippen LogP) is 6.29. The lowest BCUT2D eigenvalue weighted by Gasteiger charge is -2.08. The predicted molar refractivity (Wildman–Crippen MR) is 105 cm³/mol. The van der Waals surface area contributed by atoms with E-state index in [1.165, 1.54) is 6.08 Å². The van der Waals surface area contributed by atoms with Gasteiger partial charge in [-0.1, -0.05) is 58.4 Å². The summed E-state index contributed by atoms with van der Waals surface area (Å²) in [5.74, 6) is 0.125. The third-order valence-electron chi connectivity index (χ3n) is 3.62. The van der Waals surface area contributed by atoms with Crippen molar-refractivity contribution in [1.29, 1.82) is 0 Å². The normalized spacial score (nSPS) is 11.1. The van der Waals surface area contributed by atoms with E-state index < -0.39 is 5.97 Å². The van der Waals surface area contributed by atoms with Crippen LogP contribution in [0.5, 0.6) is 5.75 Å². The molecule has 0 unspecified atom stereocenters. The highest BCUT2D eigenvalue weighted by atomic mass is 79.9. The van der Waals surface area contributed by atoms with E-state index in [1.807, 2.05) is 61.5 Å². The van der Waals surface area contributed by atoms with Crippen LogP contribution in [0.3, 0.4) is 0 Å². The van der Waals surface area contributed by atoms with Crippen molar-refractivity contribution in [3.8, 4) is 5.75 Å². The van der Waals surface area contributed by atoms with Gasteiger partial charge in [0.2, 0.25) is 0 Å². The second kappa shape index (κ2) is 7.32. The first-order chi connectivity index (χ1) is 11.5. The molecule has 0 heterocycles. The van der Waals surface area contributed by atoms with Crippen molar-refractivity contribution < 1.29 is 9.53 Å². The molecule has 0 N–H and O–H groups in total. The summed E-state index contributed by atoms with van der Waals surface area (Å²) in [5.41, 5.74) is 1.86. The van der Waals surface area contributed by atoms with E-state index >= 15 is 0 Å². The van der Waals surface area contributed by atoms with Gasteiger partial charge in [0.15, 0.2) is 0 Å². The molecular weight excluding hydrogens is 432 g/mol. The van der Waals surface area contributed by atoms with Crippen LogP contribution in [0.15, 0.2) is 69.6 Å². The van der Waals surface area contributed by atoms with Crippen molar-refractivity contribution in [3.63, 3.8) is 0 Å². The quantitative estimate of drug-likeness (QED) is 0.269. The van der Waals surface area contributed by atoms with Crippen LogP contribution in [0, 0.1) is 6.92 Å². The Balaban J connectivity index is 1.83. The Kier molecular flexibility index (Phi) is 5.17. The van der Waals surface area contributed by atoms with Crippen molar-refractivity contribution in [1.82, 2.24) is 0 Å². The molecule has 24 heavy (non-hydrogen) atoms. The highest BCUT2D eigenvalue weighted by Crippen LogP contribution is 2.32. The number of aryl methyl sites for hydroxylation is 1. The lowest BCUT2D eigenvalue weighted by molar-refractivity contribution is -0.129. The van der Waals surface area contributed by atoms with Crippen LogP contribution in [0.2, 0.25) is 0 Å². The van der Waals surface area contributed by atoms with Crippen LogP contribution in [0.25, 0.3) is 16.8 Å². The number of halogens is 2. The Morgan fingerprint density at radius 3 is 2.58 bits per heavy atom. The zero-order chi connectivity index (χ0) is 17.1. The number of fused-ring (bicyclic) bond motifs is 1. The summed E-state index contributed by atoms with van der Waals surface area (Å²) in [6.45, 7) is 1.90. The standard InChI is InChI=1S/C20H14Br2O2/c1-13-11-16(21)12-18(22)20(13)24-19(23)10-9-15-7-4-6-14-5-2-3-8-17(14)15/h2-12H,1H3. The zero-order valence-electron chi connectivity index (χ0n) is 12.9. The molecule has 0 spiro atoms. The summed E-state index contributed by atoms with van der Waals surface area (Å²) >= 11 is 6.84. The lowest BCUT2D eigenvalue weighted by Crippen LogP contribution is -2.05. The fourth-order valence-electron chi connectivity index (χ4n) is 2.51. The molecule has 3 aromatic rings. The van der Waals surface area contributed by atoms with E-state index in [0.717, 1.165) is 30.8 Å². The number of rotatable bonds is 3. The Morgan fingerprint density at radius 2 is 1.79 bits per heavy atom. The first kappa shape index (κ1) is 16.9. The molecule has 0 bridgehead atoms. The summed E-state index contributed by atoms with van der Waals surface area (Å²) in [7, 11) is 0. The van der Waals surface area contributed by atoms with Crippen LogP contribution in [0.4, 0.5) is 0 Å². The summed E-state index contributed by atoms with van der Waals surface area (Å²) in [5, 5.41) is 2.24. The SMILES string of the molecule is Cc1cc(Br)cc(Br)c1OC(=O)C=Cc1cccc2ccccc12. The minimum absolute atomic E-state index is 0.408. The van der Waals surface area contributed by atoms with Gasteiger partial charge in [0.05, 0.1) is 4.47 Å². The van der Waals surface area contributed by atoms with Crippen LogP contribution < -0.4 is 4.74 Å². The molecule has 0 saturated carbocycles. The molecule has 0 amide bonds. The van der Waals surface area contributed by atoms with Gasteiger partial charge in [-0.3, -0.25) is 0 Å². The van der Waals surface area contributed by atoms with Crippen LogP contribution in [-0.2, 0) is 4.79 Å². The molecule has 0 aliphatic carbocycles. The summed E-state index contributed by atoms with van der Waals surface area (Å²) in [6, 6.07) is 17.8. The van der Waals surface area contributed by atoms with Crippen molar-refractivity contribution in [2.45, 2.75) is 6.92 Å². The van der Waals surface area contributed by atoms with E-state index in [2.05, 4.69) is 31.9 Å². The Morgan fingerprint density at radius 1 is 1.04 bits per heavy atom. The maximum atomic E-state index is 12.2. The third-order valence-corrected chi connectivity index (χ3v) is 4.67. The van der Waals surface area contributed by atoms with E-state index in [-0.39, 0.29) is 0 Å². The molecular formula is C20H14Br2O2. The fraction of sp³-hybridized carbons (Fsp3) is 0.0500. The molecule has 0 fully saturated rings. The largest absolute Gasteiger partial charge is 0.422 e. The van der Waals surface area contributed by atoms with Gasteiger partial charge in [0.1, 0.15) is 5.75 Å². The van der Waals surface area contributed by atoms with Gasteiger partial charge in [0.25, 0.3) is 0 Å². The number of carbonyl (C=O) groups is 1. The molecule has 0 aliphatic heterocycles. The molecule has 3 aromatic carbocycles. The van der Waals surface area contributed by atoms with Crippen molar-refractivity contribution in [3.05, 3.63) is 80.7 Å². The molecule has 120 valence electrons. The van der Waals surface area contributed by atoms with Gasteiger partial charge in [0, 0.05) is 10.5 Å². The Labute approximate surface area is 157 Å². The number of benzene rings is 3. The number of hydrogen-bond donors (Lipinski definition) is 0. The number of carbonyl (C=O) groups excluding carboxylic acids is 1. The Bertz CT molecular complexity index is 917. The van der Waals surface area contributed by atoms with Gasteiger partial charge in [-0.2, -0.15) is 0 Å². The van der Waals surface area contributed by atoms with E-state index in [1.54, 1.807) is 6.08 Å². The molecule has 3 rings (SSSR count). The fourth-order valence-corrected chi connectivity index (χ4v) is 4.03. The van der Waals surface area contributed by atoms with Gasteiger partial charge >= 0.3 is 5.97 Å². The Hall–Kier alpha value is -1.91. The van der Waals surface area contributed by atoms with Crippen LogP contribution in [-0.4, -0.2) is 5.97 Å². The molecule has 0 aromatic heterocycles. The smallest absolute Gasteiger partial charge is 0.336 e. The van der Waals surface area contributed by atoms with Crippen molar-refractivity contribution in [2.75, 3.05) is 0 Å². The summed E-state index contributed by atoms with van der Waals surface area (Å²) in [6.07, 6.45) is 3.24. The second-order valence-electron chi connectivity index (χ2n) is 5.36. The highest BCUT2D eigenvalue weighted by Gasteiger charge is 2.10. The molecule has 4 heteroatoms. The minimum Gasteiger partial charge on any atom is -0.422 e. The first-order valence-corrected chi connectivity index (χ1v) is 8.96. The van der Waals surface area contributed by atoms with Gasteiger partial charge < -0.3 is 4.74 Å². The third kappa shape index (κ3) is 3.77. The number of hydrogen-bond acceptors (Lipinski definition) is 2. The zero-order valence-corrected chi connectivity index (χ0v) is 16.1. The van der Waals surface area contributed by atoms with E-state index in [9.17, 15) is 4.79 Å². The van der Waals surface area contributed by atoms with E-state index in [4.69, 9.17) is 4.74 Å². The van der Waals surface area contributed by atoms with Gasteiger partial charge in [-0.15, -0.1) is 0 Å². The topological polar surface area (TPSA) is 26.3 Å². The monoisotopic (exact) mass is 444 g/mol. The number of ether oxygens (including phenoxy) is 1. The highest BCUT2D eigenvalue weighted by molar-refractivity contribution is 9.11. The van der Waals surface area contributed by atoms with Crippen molar-refractivity contribution >= 4 is 54.7 Å². The van der Waals surface area contributed by atoms with Gasteiger partial charge in [-0.05, 0) is 63.0 Å². The molecule has 0 atom stereocenters. The van der Waals surface area contributed by atoms with Crippen LogP contribution >= 0.6 is 31.9 Å². The van der Waals surface area contributed by atoms with Gasteiger partial charge in [-0.25, -0.2) is 4.79 Å². The average molecular weight is 446 g/mol. The number of esters is 1. The molecule has 0 saturated heterocycles. The van der Waals surface area contributed by atoms with Crippen LogP contribution in [0.1, 0.15) is 11.1 Å². The summed E-state index contributed by atoms with van der Waals surface area (Å²) in [4.78, 5) is 12.2. The minimum atomic E-state index is -0.408.